The lowest BCUT2D eigenvalue weighted by molar-refractivity contribution is -0.132. The summed E-state index contributed by atoms with van der Waals surface area (Å²) in [5.74, 6) is 1.14. The Morgan fingerprint density at radius 1 is 1.25 bits per heavy atom. The number of nitrogens with zero attached hydrogens (tertiary/aromatic N) is 1. The van der Waals surface area contributed by atoms with Crippen molar-refractivity contribution in [1.29, 1.82) is 0 Å². The molecule has 1 N–H and O–H groups in total. The summed E-state index contributed by atoms with van der Waals surface area (Å²) < 4.78 is 0. The number of carbonyl (C=O) groups is 1. The molecule has 1 heterocycles. The predicted octanol–water partition coefficient (Wildman–Crippen LogP) is 2.80. The van der Waals surface area contributed by atoms with Crippen LogP contribution in [-0.2, 0) is 4.79 Å². The van der Waals surface area contributed by atoms with Gasteiger partial charge in [-0.15, -0.1) is 0 Å². The van der Waals surface area contributed by atoms with Crippen molar-refractivity contribution in [2.24, 2.45) is 16.7 Å². The molecule has 3 rings (SSSR count). The Hall–Kier alpha value is -0.570. The van der Waals surface area contributed by atoms with Gasteiger partial charge in [-0.05, 0) is 55.8 Å². The number of carbonyl (C=O) groups excluding carboxylic acids is 1. The van der Waals surface area contributed by atoms with Crippen molar-refractivity contribution in [1.82, 2.24) is 10.2 Å². The maximum absolute atomic E-state index is 12.5. The van der Waals surface area contributed by atoms with Crippen molar-refractivity contribution < 1.29 is 4.79 Å². The van der Waals surface area contributed by atoms with E-state index in [4.69, 9.17) is 0 Å². The zero-order chi connectivity index (χ0) is 14.5. The number of rotatable bonds is 3. The van der Waals surface area contributed by atoms with Crippen molar-refractivity contribution >= 4 is 5.91 Å². The van der Waals surface area contributed by atoms with Crippen LogP contribution in [0, 0.1) is 16.7 Å². The van der Waals surface area contributed by atoms with E-state index in [1.807, 2.05) is 4.90 Å². The van der Waals surface area contributed by atoms with Crippen molar-refractivity contribution in [3.63, 3.8) is 0 Å². The van der Waals surface area contributed by atoms with Crippen LogP contribution in [0.1, 0.15) is 59.8 Å². The summed E-state index contributed by atoms with van der Waals surface area (Å²) in [6.07, 6.45) is 6.38. The molecule has 0 radical (unpaired) electrons. The Bertz CT molecular complexity index is 395. The number of likely N-dealkylation sites (tertiary alicyclic amines) is 1. The van der Waals surface area contributed by atoms with E-state index in [1.165, 1.54) is 32.1 Å². The van der Waals surface area contributed by atoms with Crippen molar-refractivity contribution in [3.05, 3.63) is 0 Å². The summed E-state index contributed by atoms with van der Waals surface area (Å²) in [5, 5.41) is 3.73. The van der Waals surface area contributed by atoms with Crippen LogP contribution in [0.25, 0.3) is 0 Å². The monoisotopic (exact) mass is 278 g/mol. The summed E-state index contributed by atoms with van der Waals surface area (Å²) >= 11 is 0. The van der Waals surface area contributed by atoms with E-state index in [2.05, 4.69) is 33.0 Å². The van der Waals surface area contributed by atoms with E-state index in [1.54, 1.807) is 0 Å². The van der Waals surface area contributed by atoms with Crippen LogP contribution < -0.4 is 5.32 Å². The van der Waals surface area contributed by atoms with Gasteiger partial charge in [-0.2, -0.15) is 0 Å². The highest BCUT2D eigenvalue weighted by Gasteiger charge is 2.59. The van der Waals surface area contributed by atoms with E-state index in [-0.39, 0.29) is 6.04 Å². The van der Waals surface area contributed by atoms with Gasteiger partial charge in [0.1, 0.15) is 0 Å². The molecular formula is C17H30N2O. The summed E-state index contributed by atoms with van der Waals surface area (Å²) in [7, 11) is 0. The molecule has 0 aromatic heterocycles. The molecule has 4 atom stereocenters. The van der Waals surface area contributed by atoms with Gasteiger partial charge in [-0.3, -0.25) is 4.79 Å². The quantitative estimate of drug-likeness (QED) is 0.861. The molecule has 2 saturated carbocycles. The van der Waals surface area contributed by atoms with Crippen LogP contribution in [0.15, 0.2) is 0 Å². The maximum atomic E-state index is 12.5. The number of hydrogen-bond acceptors (Lipinski definition) is 2. The average molecular weight is 278 g/mol. The topological polar surface area (TPSA) is 32.3 Å². The molecule has 20 heavy (non-hydrogen) atoms. The van der Waals surface area contributed by atoms with Gasteiger partial charge in [0.15, 0.2) is 0 Å². The second-order valence-corrected chi connectivity index (χ2v) is 8.27. The molecule has 0 aromatic carbocycles. The largest absolute Gasteiger partial charge is 0.341 e. The molecule has 2 aliphatic carbocycles. The molecule has 1 aliphatic heterocycles. The zero-order valence-corrected chi connectivity index (χ0v) is 13.5. The van der Waals surface area contributed by atoms with Gasteiger partial charge >= 0.3 is 0 Å². The average Bonchev–Trinajstić information content (AvgIpc) is 3.06. The fourth-order valence-corrected chi connectivity index (χ4v) is 5.25. The minimum Gasteiger partial charge on any atom is -0.341 e. The Labute approximate surface area is 123 Å². The highest BCUT2D eigenvalue weighted by atomic mass is 16.2. The molecule has 0 aromatic rings. The third kappa shape index (κ3) is 2.09. The third-order valence-electron chi connectivity index (χ3n) is 6.47. The molecule has 1 saturated heterocycles. The smallest absolute Gasteiger partial charge is 0.239 e. The second kappa shape index (κ2) is 4.72. The Kier molecular flexibility index (Phi) is 3.39. The van der Waals surface area contributed by atoms with Gasteiger partial charge in [-0.25, -0.2) is 0 Å². The minimum atomic E-state index is -0.0338. The van der Waals surface area contributed by atoms with Crippen LogP contribution in [0.5, 0.6) is 0 Å². The van der Waals surface area contributed by atoms with Crippen molar-refractivity contribution in [3.8, 4) is 0 Å². The van der Waals surface area contributed by atoms with E-state index in [0.29, 0.717) is 22.8 Å². The first-order valence-electron chi connectivity index (χ1n) is 8.39. The second-order valence-electron chi connectivity index (χ2n) is 8.27. The first-order chi connectivity index (χ1) is 9.34. The molecule has 2 bridgehead atoms. The van der Waals surface area contributed by atoms with E-state index < -0.39 is 0 Å². The van der Waals surface area contributed by atoms with Gasteiger partial charge in [0.2, 0.25) is 5.91 Å². The molecule has 4 unspecified atom stereocenters. The Balaban J connectivity index is 1.69. The number of amides is 1. The van der Waals surface area contributed by atoms with Gasteiger partial charge in [0.25, 0.3) is 0 Å². The lowest BCUT2D eigenvalue weighted by atomic mass is 9.68. The fourth-order valence-electron chi connectivity index (χ4n) is 5.25. The number of nitrogens with one attached hydrogen (secondary N) is 1. The van der Waals surface area contributed by atoms with Gasteiger partial charge < -0.3 is 10.2 Å². The normalized spacial score (nSPS) is 40.3. The molecular weight excluding hydrogens is 248 g/mol. The SMILES string of the molecule is CC(NC1C2(C)CCC(C2)C1(C)C)C(=O)N1CCCC1. The lowest BCUT2D eigenvalue weighted by Gasteiger charge is -2.44. The van der Waals surface area contributed by atoms with Gasteiger partial charge in [0.05, 0.1) is 6.04 Å². The van der Waals surface area contributed by atoms with Crippen LogP contribution in [-0.4, -0.2) is 36.0 Å². The first-order valence-corrected chi connectivity index (χ1v) is 8.39. The molecule has 3 nitrogen and oxygen atoms in total. The van der Waals surface area contributed by atoms with E-state index >= 15 is 0 Å². The summed E-state index contributed by atoms with van der Waals surface area (Å²) in [6, 6.07) is 0.448. The summed E-state index contributed by atoms with van der Waals surface area (Å²) in [5.41, 5.74) is 0.722. The molecule has 3 aliphatic rings. The molecule has 1 amide bonds. The Morgan fingerprint density at radius 2 is 1.90 bits per heavy atom. The highest BCUT2D eigenvalue weighted by molar-refractivity contribution is 5.81. The summed E-state index contributed by atoms with van der Waals surface area (Å²) in [4.78, 5) is 14.6. The van der Waals surface area contributed by atoms with Crippen LogP contribution in [0.3, 0.4) is 0 Å². The highest BCUT2D eigenvalue weighted by Crippen LogP contribution is 2.62. The van der Waals surface area contributed by atoms with E-state index in [0.717, 1.165) is 19.0 Å². The first kappa shape index (κ1) is 14.4. The predicted molar refractivity (Wildman–Crippen MR) is 81.4 cm³/mol. The van der Waals surface area contributed by atoms with Crippen molar-refractivity contribution in [2.45, 2.75) is 71.9 Å². The Morgan fingerprint density at radius 3 is 2.45 bits per heavy atom. The molecule has 3 heteroatoms. The number of fused-ring (bicyclic) bond motifs is 2. The third-order valence-corrected chi connectivity index (χ3v) is 6.47. The minimum absolute atomic E-state index is 0.0338. The molecule has 0 spiro atoms. The standard InChI is InChI=1S/C17H30N2O/c1-12(14(20)19-9-5-6-10-19)18-15-16(2,3)13-7-8-17(15,4)11-13/h12-13,15,18H,5-11H2,1-4H3. The van der Waals surface area contributed by atoms with Gasteiger partial charge in [0, 0.05) is 19.1 Å². The molecule has 114 valence electrons. The molecule has 3 fully saturated rings. The maximum Gasteiger partial charge on any atom is 0.239 e. The van der Waals surface area contributed by atoms with Crippen LogP contribution in [0.4, 0.5) is 0 Å². The van der Waals surface area contributed by atoms with Gasteiger partial charge in [-0.1, -0.05) is 20.8 Å². The fraction of sp³-hybridized carbons (Fsp3) is 0.941. The van der Waals surface area contributed by atoms with Crippen molar-refractivity contribution in [2.75, 3.05) is 13.1 Å². The lowest BCUT2D eigenvalue weighted by Crippen LogP contribution is -2.56. The zero-order valence-electron chi connectivity index (χ0n) is 13.5. The van der Waals surface area contributed by atoms with E-state index in [9.17, 15) is 4.79 Å². The summed E-state index contributed by atoms with van der Waals surface area (Å²) in [6.45, 7) is 11.2. The van der Waals surface area contributed by atoms with Crippen LogP contribution >= 0.6 is 0 Å². The van der Waals surface area contributed by atoms with Crippen LogP contribution in [0.2, 0.25) is 0 Å². The number of hydrogen-bond donors (Lipinski definition) is 1.